The highest BCUT2D eigenvalue weighted by Gasteiger charge is 2.49. The van der Waals surface area contributed by atoms with Crippen LogP contribution in [0.3, 0.4) is 0 Å². The summed E-state index contributed by atoms with van der Waals surface area (Å²) in [5, 5.41) is 4.50. The summed E-state index contributed by atoms with van der Waals surface area (Å²) in [6.07, 6.45) is -4.69. The van der Waals surface area contributed by atoms with Crippen LogP contribution < -0.4 is 10.6 Å². The number of benzene rings is 2. The van der Waals surface area contributed by atoms with E-state index in [1.54, 1.807) is 0 Å². The molecule has 1 saturated heterocycles. The number of rotatable bonds is 4. The van der Waals surface area contributed by atoms with Gasteiger partial charge in [-0.1, -0.05) is 24.3 Å². The normalized spacial score (nSPS) is 19.3. The number of para-hydroxylation sites is 1. The molecule has 1 heterocycles. The minimum Gasteiger partial charge on any atom is -0.324 e. The Bertz CT molecular complexity index is 975. The number of nitrogens with zero attached hydrogens (tertiary/aromatic N) is 1. The van der Waals surface area contributed by atoms with Gasteiger partial charge < -0.3 is 10.6 Å². The van der Waals surface area contributed by atoms with Crippen LogP contribution in [0.2, 0.25) is 0 Å². The van der Waals surface area contributed by atoms with Gasteiger partial charge in [0.25, 0.3) is 5.91 Å². The van der Waals surface area contributed by atoms with Gasteiger partial charge in [0.05, 0.1) is 11.3 Å². The molecule has 29 heavy (non-hydrogen) atoms. The van der Waals surface area contributed by atoms with Gasteiger partial charge in [0, 0.05) is 0 Å². The number of carbonyl (C=O) groups is 3. The van der Waals surface area contributed by atoms with E-state index in [4.69, 9.17) is 0 Å². The predicted molar refractivity (Wildman–Crippen MR) is 94.1 cm³/mol. The molecular weight excluding hydrogens is 394 g/mol. The van der Waals surface area contributed by atoms with E-state index in [-0.39, 0.29) is 0 Å². The third-order valence-corrected chi connectivity index (χ3v) is 4.50. The average molecular weight is 409 g/mol. The summed E-state index contributed by atoms with van der Waals surface area (Å²) >= 11 is 0. The second kappa shape index (κ2) is 7.19. The van der Waals surface area contributed by atoms with Crippen LogP contribution in [0, 0.1) is 5.82 Å². The number of anilines is 1. The fraction of sp³-hybridized carbons (Fsp3) is 0.211. The number of hydrogen-bond acceptors (Lipinski definition) is 3. The topological polar surface area (TPSA) is 78.5 Å². The number of alkyl halides is 3. The van der Waals surface area contributed by atoms with E-state index >= 15 is 0 Å². The van der Waals surface area contributed by atoms with Gasteiger partial charge in [0.1, 0.15) is 17.9 Å². The third kappa shape index (κ3) is 3.91. The quantitative estimate of drug-likeness (QED) is 0.601. The minimum absolute atomic E-state index is 0.294. The Labute approximate surface area is 162 Å². The molecule has 6 nitrogen and oxygen atoms in total. The minimum atomic E-state index is -4.69. The van der Waals surface area contributed by atoms with Crippen molar-refractivity contribution in [1.82, 2.24) is 10.2 Å². The van der Waals surface area contributed by atoms with Crippen molar-refractivity contribution < 1.29 is 31.9 Å². The summed E-state index contributed by atoms with van der Waals surface area (Å²) < 4.78 is 52.2. The number of carbonyl (C=O) groups excluding carboxylic acids is 3. The van der Waals surface area contributed by atoms with E-state index in [1.165, 1.54) is 31.2 Å². The lowest BCUT2D eigenvalue weighted by Gasteiger charge is -2.22. The zero-order valence-corrected chi connectivity index (χ0v) is 15.0. The van der Waals surface area contributed by atoms with E-state index in [9.17, 15) is 31.9 Å². The molecule has 0 radical (unpaired) electrons. The van der Waals surface area contributed by atoms with Crippen molar-refractivity contribution in [3.05, 3.63) is 65.5 Å². The number of nitrogens with one attached hydrogen (secondary N) is 2. The molecule has 1 aliphatic rings. The summed E-state index contributed by atoms with van der Waals surface area (Å²) in [4.78, 5) is 37.8. The fourth-order valence-corrected chi connectivity index (χ4v) is 2.99. The summed E-state index contributed by atoms with van der Waals surface area (Å²) in [5.41, 5.74) is -2.78. The Balaban J connectivity index is 1.77. The van der Waals surface area contributed by atoms with Gasteiger partial charge in [-0.25, -0.2) is 9.18 Å². The molecule has 0 aliphatic carbocycles. The van der Waals surface area contributed by atoms with Crippen molar-refractivity contribution in [2.75, 3.05) is 11.9 Å². The summed E-state index contributed by atoms with van der Waals surface area (Å²) in [7, 11) is 0. The van der Waals surface area contributed by atoms with Gasteiger partial charge in [-0.2, -0.15) is 13.2 Å². The second-order valence-corrected chi connectivity index (χ2v) is 6.54. The van der Waals surface area contributed by atoms with Gasteiger partial charge >= 0.3 is 12.2 Å². The number of halogens is 4. The number of amides is 4. The second-order valence-electron chi connectivity index (χ2n) is 6.54. The van der Waals surface area contributed by atoms with Crippen LogP contribution in [0.1, 0.15) is 18.1 Å². The maximum absolute atomic E-state index is 13.1. The number of hydrogen-bond donors (Lipinski definition) is 2. The largest absolute Gasteiger partial charge is 0.418 e. The van der Waals surface area contributed by atoms with Crippen LogP contribution in [0.4, 0.5) is 28.0 Å². The molecule has 1 aliphatic heterocycles. The summed E-state index contributed by atoms with van der Waals surface area (Å²) in [5.74, 6) is -2.30. The lowest BCUT2D eigenvalue weighted by Crippen LogP contribution is -2.42. The van der Waals surface area contributed by atoms with Crippen LogP contribution in [0.15, 0.2) is 48.5 Å². The first-order chi connectivity index (χ1) is 13.5. The van der Waals surface area contributed by atoms with Gasteiger partial charge in [-0.3, -0.25) is 14.5 Å². The Morgan fingerprint density at radius 3 is 2.34 bits per heavy atom. The summed E-state index contributed by atoms with van der Waals surface area (Å²) in [6, 6.07) is 8.32. The van der Waals surface area contributed by atoms with E-state index in [2.05, 4.69) is 10.6 Å². The van der Waals surface area contributed by atoms with Crippen molar-refractivity contribution in [3.63, 3.8) is 0 Å². The molecule has 152 valence electrons. The zero-order chi connectivity index (χ0) is 21.4. The Hall–Kier alpha value is -3.43. The molecule has 0 spiro atoms. The highest BCUT2D eigenvalue weighted by molar-refractivity contribution is 6.10. The number of urea groups is 1. The molecular formula is C19H15F4N3O3. The summed E-state index contributed by atoms with van der Waals surface area (Å²) in [6.45, 7) is 0.602. The van der Waals surface area contributed by atoms with Crippen molar-refractivity contribution in [1.29, 1.82) is 0 Å². The molecule has 0 aromatic heterocycles. The van der Waals surface area contributed by atoms with Gasteiger partial charge in [0.2, 0.25) is 5.91 Å². The first-order valence-electron chi connectivity index (χ1n) is 8.38. The molecule has 1 atom stereocenters. The monoisotopic (exact) mass is 409 g/mol. The first-order valence-corrected chi connectivity index (χ1v) is 8.38. The molecule has 2 aromatic rings. The SMILES string of the molecule is CC1(c2ccc(F)cc2)NC(=O)N(CC(=O)Nc2ccccc2C(F)(F)F)C1=O. The van der Waals surface area contributed by atoms with Crippen molar-refractivity contribution in [2.24, 2.45) is 0 Å². The predicted octanol–water partition coefficient (Wildman–Crippen LogP) is 3.25. The van der Waals surface area contributed by atoms with Crippen molar-refractivity contribution in [3.8, 4) is 0 Å². The molecule has 4 amide bonds. The lowest BCUT2D eigenvalue weighted by atomic mass is 9.92. The van der Waals surface area contributed by atoms with Gasteiger partial charge in [-0.15, -0.1) is 0 Å². The molecule has 2 N–H and O–H groups in total. The van der Waals surface area contributed by atoms with Crippen LogP contribution in [-0.4, -0.2) is 29.3 Å². The average Bonchev–Trinajstić information content (AvgIpc) is 2.86. The Kier molecular flexibility index (Phi) is 5.04. The fourth-order valence-electron chi connectivity index (χ4n) is 2.99. The van der Waals surface area contributed by atoms with E-state index in [0.717, 1.165) is 24.3 Å². The highest BCUT2D eigenvalue weighted by atomic mass is 19.4. The molecule has 1 unspecified atom stereocenters. The van der Waals surface area contributed by atoms with Gasteiger partial charge in [0.15, 0.2) is 0 Å². The molecule has 10 heteroatoms. The third-order valence-electron chi connectivity index (χ3n) is 4.50. The Morgan fingerprint density at radius 2 is 1.72 bits per heavy atom. The maximum atomic E-state index is 13.1. The maximum Gasteiger partial charge on any atom is 0.418 e. The van der Waals surface area contributed by atoms with E-state index in [1.807, 2.05) is 0 Å². The van der Waals surface area contributed by atoms with Crippen molar-refractivity contribution >= 4 is 23.5 Å². The molecule has 0 saturated carbocycles. The zero-order valence-electron chi connectivity index (χ0n) is 15.0. The first kappa shape index (κ1) is 20.3. The van der Waals surface area contributed by atoms with Crippen LogP contribution >= 0.6 is 0 Å². The smallest absolute Gasteiger partial charge is 0.324 e. The van der Waals surface area contributed by atoms with E-state index < -0.39 is 53.2 Å². The Morgan fingerprint density at radius 1 is 1.10 bits per heavy atom. The molecule has 2 aromatic carbocycles. The molecule has 0 bridgehead atoms. The van der Waals surface area contributed by atoms with Crippen LogP contribution in [0.25, 0.3) is 0 Å². The lowest BCUT2D eigenvalue weighted by molar-refractivity contribution is -0.137. The van der Waals surface area contributed by atoms with Crippen LogP contribution in [-0.2, 0) is 21.3 Å². The van der Waals surface area contributed by atoms with Crippen LogP contribution in [0.5, 0.6) is 0 Å². The highest BCUT2D eigenvalue weighted by Crippen LogP contribution is 2.34. The molecule has 3 rings (SSSR count). The van der Waals surface area contributed by atoms with Crippen molar-refractivity contribution in [2.45, 2.75) is 18.6 Å². The van der Waals surface area contributed by atoms with Gasteiger partial charge in [-0.05, 0) is 36.8 Å². The van der Waals surface area contributed by atoms with E-state index in [0.29, 0.717) is 10.5 Å². The molecule has 1 fully saturated rings. The standard InChI is InChI=1S/C19H15F4N3O3/c1-18(11-6-8-12(20)9-7-11)16(28)26(17(29)25-18)10-15(27)24-14-5-3-2-4-13(14)19(21,22)23/h2-9H,10H2,1H3,(H,24,27)(H,25,29). The number of imide groups is 1.